The van der Waals surface area contributed by atoms with E-state index in [0.29, 0.717) is 6.61 Å². The van der Waals surface area contributed by atoms with E-state index in [1.807, 2.05) is 30.3 Å². The van der Waals surface area contributed by atoms with Gasteiger partial charge in [-0.15, -0.1) is 0 Å². The molecule has 4 nitrogen and oxygen atoms in total. The van der Waals surface area contributed by atoms with Gasteiger partial charge in [0, 0.05) is 17.8 Å². The number of benzene rings is 4. The monoisotopic (exact) mass is 482 g/mol. The molecule has 2 aliphatic rings. The minimum absolute atomic E-state index is 0.0339. The van der Waals surface area contributed by atoms with Crippen molar-refractivity contribution in [1.29, 1.82) is 0 Å². The van der Waals surface area contributed by atoms with E-state index in [0.717, 1.165) is 46.3 Å². The quantitative estimate of drug-likeness (QED) is 0.313. The van der Waals surface area contributed by atoms with Gasteiger partial charge in [-0.3, -0.25) is 4.90 Å². The zero-order valence-corrected chi connectivity index (χ0v) is 20.3. The van der Waals surface area contributed by atoms with Crippen LogP contribution in [0.15, 0.2) is 72.8 Å². The Labute approximate surface area is 211 Å². The highest BCUT2D eigenvalue weighted by Gasteiger charge is 2.27. The summed E-state index contributed by atoms with van der Waals surface area (Å²) in [6.45, 7) is 4.04. The number of ether oxygens (including phenoxy) is 1. The van der Waals surface area contributed by atoms with Crippen molar-refractivity contribution in [1.82, 2.24) is 4.90 Å². The number of hydrogen-bond donors (Lipinski definition) is 2. The number of likely N-dealkylation sites (tertiary alicyclic amines) is 1. The summed E-state index contributed by atoms with van der Waals surface area (Å²) in [5.41, 5.74) is 5.26. The van der Waals surface area contributed by atoms with Crippen molar-refractivity contribution in [2.75, 3.05) is 31.6 Å². The second-order valence-corrected chi connectivity index (χ2v) is 9.92. The highest BCUT2D eigenvalue weighted by atomic mass is 19.1. The normalized spacial score (nSPS) is 17.3. The number of rotatable bonds is 6. The van der Waals surface area contributed by atoms with Crippen molar-refractivity contribution < 1.29 is 14.2 Å². The van der Waals surface area contributed by atoms with Crippen LogP contribution < -0.4 is 10.1 Å². The smallest absolute Gasteiger partial charge is 0.125 e. The molecule has 1 unspecified atom stereocenters. The lowest BCUT2D eigenvalue weighted by Crippen LogP contribution is -2.33. The number of fused-ring (bicyclic) bond motifs is 5. The Morgan fingerprint density at radius 3 is 2.53 bits per heavy atom. The first-order valence-electron chi connectivity index (χ1n) is 12.9. The number of anilines is 1. The first kappa shape index (κ1) is 22.9. The summed E-state index contributed by atoms with van der Waals surface area (Å²) in [7, 11) is 0. The number of hydrogen-bond acceptors (Lipinski definition) is 4. The van der Waals surface area contributed by atoms with Gasteiger partial charge in [0.25, 0.3) is 0 Å². The van der Waals surface area contributed by atoms with Crippen LogP contribution in [0, 0.1) is 5.82 Å². The maximum Gasteiger partial charge on any atom is 0.125 e. The molecule has 0 spiro atoms. The number of nitrogens with zero attached hydrogens (tertiary/aromatic N) is 1. The van der Waals surface area contributed by atoms with Gasteiger partial charge in [0.1, 0.15) is 23.9 Å². The highest BCUT2D eigenvalue weighted by Crippen LogP contribution is 2.45. The van der Waals surface area contributed by atoms with E-state index in [1.54, 1.807) is 18.2 Å². The van der Waals surface area contributed by atoms with Gasteiger partial charge in [0.15, 0.2) is 0 Å². The molecule has 0 bridgehead atoms. The predicted octanol–water partition coefficient (Wildman–Crippen LogP) is 6.93. The minimum Gasteiger partial charge on any atom is -0.508 e. The molecule has 0 aliphatic carbocycles. The van der Waals surface area contributed by atoms with Gasteiger partial charge in [-0.25, -0.2) is 4.39 Å². The number of nitrogens with one attached hydrogen (secondary N) is 1. The van der Waals surface area contributed by atoms with Crippen LogP contribution in [0.3, 0.4) is 0 Å². The molecule has 1 fully saturated rings. The zero-order chi connectivity index (χ0) is 24.5. The lowest BCUT2D eigenvalue weighted by atomic mass is 9.83. The van der Waals surface area contributed by atoms with Crippen LogP contribution >= 0.6 is 0 Å². The highest BCUT2D eigenvalue weighted by molar-refractivity contribution is 5.97. The predicted molar refractivity (Wildman–Crippen MR) is 143 cm³/mol. The number of phenols is 1. The summed E-state index contributed by atoms with van der Waals surface area (Å²) >= 11 is 0. The number of halogens is 1. The molecule has 4 aromatic rings. The van der Waals surface area contributed by atoms with Gasteiger partial charge in [-0.1, -0.05) is 36.8 Å². The fourth-order valence-electron chi connectivity index (χ4n) is 5.67. The Kier molecular flexibility index (Phi) is 6.24. The van der Waals surface area contributed by atoms with E-state index in [-0.39, 0.29) is 17.6 Å². The van der Waals surface area contributed by atoms with Crippen LogP contribution in [0.25, 0.3) is 21.9 Å². The van der Waals surface area contributed by atoms with Crippen molar-refractivity contribution >= 4 is 16.5 Å². The van der Waals surface area contributed by atoms with Gasteiger partial charge in [0.05, 0.1) is 6.04 Å². The largest absolute Gasteiger partial charge is 0.508 e. The molecule has 2 aliphatic heterocycles. The Morgan fingerprint density at radius 2 is 1.69 bits per heavy atom. The second-order valence-electron chi connectivity index (χ2n) is 9.92. The van der Waals surface area contributed by atoms with E-state index >= 15 is 0 Å². The molecule has 1 atom stereocenters. The van der Waals surface area contributed by atoms with Crippen LogP contribution in [0.1, 0.15) is 36.4 Å². The topological polar surface area (TPSA) is 44.7 Å². The Balaban J connectivity index is 1.24. The van der Waals surface area contributed by atoms with Crippen LogP contribution in [-0.2, 0) is 6.42 Å². The molecule has 0 amide bonds. The Morgan fingerprint density at radius 1 is 0.889 bits per heavy atom. The number of piperidine rings is 1. The number of phenolic OH excluding ortho intramolecular Hbond substituents is 1. The Bertz CT molecular complexity index is 1380. The van der Waals surface area contributed by atoms with E-state index in [2.05, 4.69) is 28.4 Å². The van der Waals surface area contributed by atoms with Crippen LogP contribution in [0.4, 0.5) is 10.1 Å². The molecule has 184 valence electrons. The fourth-order valence-corrected chi connectivity index (χ4v) is 5.67. The SMILES string of the molecule is Oc1ccc2c3c(ccc2c1)-c1ccc(F)cc1NC3Cc1ccc(OCCN2CCCCC2)cc1. The van der Waals surface area contributed by atoms with Crippen molar-refractivity contribution in [2.24, 2.45) is 0 Å². The van der Waals surface area contributed by atoms with Crippen molar-refractivity contribution in [3.8, 4) is 22.6 Å². The van der Waals surface area contributed by atoms with Crippen LogP contribution in [0.5, 0.6) is 11.5 Å². The lowest BCUT2D eigenvalue weighted by molar-refractivity contribution is 0.183. The average molecular weight is 483 g/mol. The van der Waals surface area contributed by atoms with Crippen molar-refractivity contribution in [3.05, 3.63) is 89.7 Å². The average Bonchev–Trinajstić information content (AvgIpc) is 2.89. The van der Waals surface area contributed by atoms with Crippen LogP contribution in [-0.4, -0.2) is 36.2 Å². The maximum absolute atomic E-state index is 14.1. The summed E-state index contributed by atoms with van der Waals surface area (Å²) in [6, 6.07) is 22.8. The van der Waals surface area contributed by atoms with Gasteiger partial charge in [-0.05, 0) is 102 Å². The molecule has 36 heavy (non-hydrogen) atoms. The van der Waals surface area contributed by atoms with Crippen LogP contribution in [0.2, 0.25) is 0 Å². The number of aromatic hydroxyl groups is 1. The zero-order valence-electron chi connectivity index (χ0n) is 20.3. The minimum atomic E-state index is -0.250. The summed E-state index contributed by atoms with van der Waals surface area (Å²) in [5.74, 6) is 0.891. The first-order chi connectivity index (χ1) is 17.6. The van der Waals surface area contributed by atoms with E-state index < -0.39 is 0 Å². The summed E-state index contributed by atoms with van der Waals surface area (Å²) in [4.78, 5) is 2.48. The molecular weight excluding hydrogens is 451 g/mol. The molecule has 2 N–H and O–H groups in total. The summed E-state index contributed by atoms with van der Waals surface area (Å²) in [6.07, 6.45) is 4.68. The molecule has 0 aromatic heterocycles. The third kappa shape index (κ3) is 4.63. The summed E-state index contributed by atoms with van der Waals surface area (Å²) < 4.78 is 20.1. The third-order valence-corrected chi connectivity index (χ3v) is 7.48. The Hall–Kier alpha value is -3.57. The second kappa shape index (κ2) is 9.82. The lowest BCUT2D eigenvalue weighted by Gasteiger charge is -2.31. The van der Waals surface area contributed by atoms with E-state index in [4.69, 9.17) is 4.74 Å². The maximum atomic E-state index is 14.1. The van der Waals surface area contributed by atoms with E-state index in [1.165, 1.54) is 49.5 Å². The van der Waals surface area contributed by atoms with Gasteiger partial charge >= 0.3 is 0 Å². The molecule has 6 rings (SSSR count). The molecule has 4 aromatic carbocycles. The van der Waals surface area contributed by atoms with Crippen molar-refractivity contribution in [2.45, 2.75) is 31.7 Å². The van der Waals surface area contributed by atoms with E-state index in [9.17, 15) is 9.50 Å². The van der Waals surface area contributed by atoms with Gasteiger partial charge in [0.2, 0.25) is 0 Å². The van der Waals surface area contributed by atoms with Crippen molar-refractivity contribution in [3.63, 3.8) is 0 Å². The molecule has 0 radical (unpaired) electrons. The first-order valence-corrected chi connectivity index (χ1v) is 12.9. The third-order valence-electron chi connectivity index (χ3n) is 7.48. The van der Waals surface area contributed by atoms with Gasteiger partial charge in [-0.2, -0.15) is 0 Å². The summed E-state index contributed by atoms with van der Waals surface area (Å²) in [5, 5.41) is 15.7. The molecule has 0 saturated carbocycles. The molecular formula is C31H31FN2O2. The fraction of sp³-hybridized carbons (Fsp3) is 0.290. The molecule has 1 saturated heterocycles. The van der Waals surface area contributed by atoms with Gasteiger partial charge < -0.3 is 15.2 Å². The standard InChI is InChI=1S/C31H31FN2O2/c32-23-7-12-27-28-11-6-22-19-24(35)8-13-26(22)31(28)30(33-29(27)20-23)18-21-4-9-25(10-5-21)36-17-16-34-14-2-1-3-15-34/h4-13,19-20,30,33,35H,1-3,14-18H2. The molecule has 2 heterocycles. The molecule has 5 heteroatoms.